The van der Waals surface area contributed by atoms with Gasteiger partial charge >= 0.3 is 0 Å². The van der Waals surface area contributed by atoms with Crippen molar-refractivity contribution in [3.05, 3.63) is 56.2 Å². The molecule has 2 aliphatic heterocycles. The molecule has 0 aliphatic carbocycles. The Morgan fingerprint density at radius 3 is 2.58 bits per heavy atom. The van der Waals surface area contributed by atoms with E-state index in [0.29, 0.717) is 35.4 Å². The van der Waals surface area contributed by atoms with Gasteiger partial charge in [-0.05, 0) is 108 Å². The fraction of sp³-hybridized carbons (Fsp3) is 0.400. The third kappa shape index (κ3) is 7.45. The van der Waals surface area contributed by atoms with Crippen LogP contribution in [0.25, 0.3) is 6.08 Å². The largest absolute Gasteiger partial charge is 0.493 e. The summed E-state index contributed by atoms with van der Waals surface area (Å²) >= 11 is 3.57. The number of nitrogens with one attached hydrogen (secondary N) is 1. The van der Waals surface area contributed by atoms with Crippen LogP contribution in [0.2, 0.25) is 0 Å². The number of amides is 1. The van der Waals surface area contributed by atoms with Crippen LogP contribution >= 0.6 is 34.4 Å². The van der Waals surface area contributed by atoms with Crippen LogP contribution in [0.15, 0.2) is 46.0 Å². The Bertz CT molecular complexity index is 1370. The lowest BCUT2D eigenvalue weighted by Crippen LogP contribution is -2.35. The highest BCUT2D eigenvalue weighted by molar-refractivity contribution is 14.1. The van der Waals surface area contributed by atoms with Gasteiger partial charge in [0.1, 0.15) is 24.0 Å². The van der Waals surface area contributed by atoms with E-state index >= 15 is 0 Å². The molecule has 10 heteroatoms. The Morgan fingerprint density at radius 1 is 1.05 bits per heavy atom. The first-order valence-corrected chi connectivity index (χ1v) is 15.4. The second-order valence-corrected chi connectivity index (χ2v) is 11.9. The van der Waals surface area contributed by atoms with Crippen LogP contribution in [-0.2, 0) is 4.79 Å². The van der Waals surface area contributed by atoms with Gasteiger partial charge in [-0.15, -0.1) is 0 Å². The van der Waals surface area contributed by atoms with E-state index in [1.807, 2.05) is 24.3 Å². The van der Waals surface area contributed by atoms with E-state index < -0.39 is 5.91 Å². The van der Waals surface area contributed by atoms with Crippen molar-refractivity contribution in [2.45, 2.75) is 59.3 Å². The Morgan fingerprint density at radius 2 is 1.82 bits per heavy atom. The predicted octanol–water partition coefficient (Wildman–Crippen LogP) is 7.35. The SMILES string of the molecule is CCCCCCCC1=NN2C(=N)/C(=C/c3cc(I)c(OCCOc4ccc(C)c(C)c4)c(OC)c3)C(=O)N=C2S1. The number of hydrogen-bond donors (Lipinski definition) is 1. The zero-order valence-electron chi connectivity index (χ0n) is 23.4. The van der Waals surface area contributed by atoms with Gasteiger partial charge in [0.05, 0.1) is 16.3 Å². The van der Waals surface area contributed by atoms with Crippen molar-refractivity contribution in [1.29, 1.82) is 5.41 Å². The van der Waals surface area contributed by atoms with Gasteiger partial charge < -0.3 is 14.2 Å². The monoisotopic (exact) mass is 674 g/mol. The van der Waals surface area contributed by atoms with Crippen molar-refractivity contribution >= 4 is 62.4 Å². The number of fused-ring (bicyclic) bond motifs is 1. The molecule has 0 bridgehead atoms. The van der Waals surface area contributed by atoms with Crippen LogP contribution in [0.5, 0.6) is 17.2 Å². The number of hydrazone groups is 1. The van der Waals surface area contributed by atoms with Gasteiger partial charge in [-0.2, -0.15) is 15.1 Å². The average molecular weight is 675 g/mol. The topological polar surface area (TPSA) is 96.6 Å². The predicted molar refractivity (Wildman–Crippen MR) is 171 cm³/mol. The van der Waals surface area contributed by atoms with Crippen molar-refractivity contribution in [2.75, 3.05) is 20.3 Å². The molecule has 2 heterocycles. The second kappa shape index (κ2) is 14.2. The van der Waals surface area contributed by atoms with E-state index in [-0.39, 0.29) is 11.4 Å². The summed E-state index contributed by atoms with van der Waals surface area (Å²) in [6.45, 7) is 7.05. The number of nitrogens with zero attached hydrogens (tertiary/aromatic N) is 3. The fourth-order valence-corrected chi connectivity index (χ4v) is 5.96. The zero-order valence-corrected chi connectivity index (χ0v) is 26.4. The Kier molecular flexibility index (Phi) is 10.7. The summed E-state index contributed by atoms with van der Waals surface area (Å²) in [5.41, 5.74) is 3.30. The number of halogens is 1. The first-order chi connectivity index (χ1) is 19.3. The molecule has 0 saturated carbocycles. The van der Waals surface area contributed by atoms with E-state index in [0.717, 1.165) is 33.6 Å². The molecule has 212 valence electrons. The molecule has 0 saturated heterocycles. The lowest BCUT2D eigenvalue weighted by Gasteiger charge is -2.20. The minimum Gasteiger partial charge on any atom is -0.493 e. The van der Waals surface area contributed by atoms with Gasteiger partial charge in [0.15, 0.2) is 17.3 Å². The summed E-state index contributed by atoms with van der Waals surface area (Å²) < 4.78 is 18.3. The number of amidine groups is 2. The summed E-state index contributed by atoms with van der Waals surface area (Å²) in [6.07, 6.45) is 8.35. The number of carbonyl (C=O) groups excluding carboxylic acids is 1. The van der Waals surface area contributed by atoms with Crippen molar-refractivity contribution in [3.8, 4) is 17.2 Å². The van der Waals surface area contributed by atoms with Gasteiger partial charge in [-0.3, -0.25) is 10.2 Å². The molecule has 0 radical (unpaired) electrons. The van der Waals surface area contributed by atoms with E-state index in [2.05, 4.69) is 53.5 Å². The van der Waals surface area contributed by atoms with Gasteiger partial charge in [0.2, 0.25) is 5.17 Å². The molecule has 0 spiro atoms. The molecule has 2 aromatic carbocycles. The van der Waals surface area contributed by atoms with Gasteiger partial charge in [0.25, 0.3) is 5.91 Å². The lowest BCUT2D eigenvalue weighted by atomic mass is 10.1. The number of aliphatic imine (C=N–C) groups is 1. The molecule has 0 fully saturated rings. The highest BCUT2D eigenvalue weighted by atomic mass is 127. The number of aryl methyl sites for hydroxylation is 2. The number of thioether (sulfide) groups is 1. The van der Waals surface area contributed by atoms with Crippen molar-refractivity contribution in [2.24, 2.45) is 10.1 Å². The van der Waals surface area contributed by atoms with Crippen molar-refractivity contribution in [1.82, 2.24) is 5.01 Å². The van der Waals surface area contributed by atoms with E-state index in [1.54, 1.807) is 19.3 Å². The maximum Gasteiger partial charge on any atom is 0.283 e. The molecule has 0 atom stereocenters. The molecule has 1 amide bonds. The average Bonchev–Trinajstić information content (AvgIpc) is 3.34. The number of rotatable bonds is 13. The third-order valence-electron chi connectivity index (χ3n) is 6.63. The van der Waals surface area contributed by atoms with Crippen LogP contribution in [0.1, 0.15) is 62.1 Å². The number of benzene rings is 2. The fourth-order valence-electron chi connectivity index (χ4n) is 4.25. The minimum absolute atomic E-state index is 0.0290. The molecule has 2 aromatic rings. The smallest absolute Gasteiger partial charge is 0.283 e. The van der Waals surface area contributed by atoms with Gasteiger partial charge in [-0.1, -0.05) is 38.7 Å². The number of ether oxygens (including phenoxy) is 3. The maximum atomic E-state index is 12.9. The molecule has 40 heavy (non-hydrogen) atoms. The molecule has 8 nitrogen and oxygen atoms in total. The van der Waals surface area contributed by atoms with E-state index in [9.17, 15) is 4.79 Å². The first-order valence-electron chi connectivity index (χ1n) is 13.5. The summed E-state index contributed by atoms with van der Waals surface area (Å²) in [7, 11) is 1.57. The van der Waals surface area contributed by atoms with Crippen LogP contribution in [0.3, 0.4) is 0 Å². The highest BCUT2D eigenvalue weighted by Crippen LogP contribution is 2.36. The molecule has 1 N–H and O–H groups in total. The van der Waals surface area contributed by atoms with Crippen molar-refractivity contribution < 1.29 is 19.0 Å². The summed E-state index contributed by atoms with van der Waals surface area (Å²) in [5, 5.41) is 16.1. The summed E-state index contributed by atoms with van der Waals surface area (Å²) in [4.78, 5) is 17.1. The molecular weight excluding hydrogens is 639 g/mol. The number of methoxy groups -OCH3 is 1. The number of carbonyl (C=O) groups is 1. The van der Waals surface area contributed by atoms with Gasteiger partial charge in [-0.25, -0.2) is 0 Å². The summed E-state index contributed by atoms with van der Waals surface area (Å²) in [5.74, 6) is 1.52. The Hall–Kier alpha value is -2.86. The van der Waals surface area contributed by atoms with Gasteiger partial charge in [0, 0.05) is 0 Å². The van der Waals surface area contributed by atoms with Crippen LogP contribution < -0.4 is 14.2 Å². The standard InChI is InChI=1S/C30H35IN4O4S/c1-5-6-7-8-9-10-26-34-35-28(32)23(29(36)33-30(35)40-26)16-21-17-24(31)27(25(18-21)37-4)39-14-13-38-22-12-11-19(2)20(3)15-22/h11-12,15-18,32H,5-10,13-14H2,1-4H3/b23-16-,32-28?. The minimum atomic E-state index is -0.444. The maximum absolute atomic E-state index is 12.9. The molecule has 0 aromatic heterocycles. The van der Waals surface area contributed by atoms with Crippen LogP contribution in [-0.4, -0.2) is 47.3 Å². The Balaban J connectivity index is 1.41. The normalized spacial score (nSPS) is 15.7. The van der Waals surface area contributed by atoms with Crippen LogP contribution in [0, 0.1) is 22.8 Å². The quantitative estimate of drug-likeness (QED) is 0.136. The molecular formula is C30H35IN4O4S. The molecule has 2 aliphatic rings. The lowest BCUT2D eigenvalue weighted by molar-refractivity contribution is -0.114. The first kappa shape index (κ1) is 30.1. The van der Waals surface area contributed by atoms with Crippen molar-refractivity contribution in [3.63, 3.8) is 0 Å². The Labute approximate surface area is 253 Å². The van der Waals surface area contributed by atoms with E-state index in [4.69, 9.17) is 19.6 Å². The highest BCUT2D eigenvalue weighted by Gasteiger charge is 2.35. The zero-order chi connectivity index (χ0) is 28.6. The molecule has 4 rings (SSSR count). The molecule has 0 unspecified atom stereocenters. The second-order valence-electron chi connectivity index (χ2n) is 9.66. The number of unbranched alkanes of at least 4 members (excludes halogenated alkanes) is 4. The number of hydrogen-bond acceptors (Lipinski definition) is 7. The van der Waals surface area contributed by atoms with E-state index in [1.165, 1.54) is 47.2 Å². The third-order valence-corrected chi connectivity index (χ3v) is 8.40. The summed E-state index contributed by atoms with van der Waals surface area (Å²) in [6, 6.07) is 9.68. The van der Waals surface area contributed by atoms with Crippen LogP contribution in [0.4, 0.5) is 0 Å².